The Kier molecular flexibility index (Phi) is 37.3. The van der Waals surface area contributed by atoms with E-state index in [9.17, 15) is 77.3 Å². The van der Waals surface area contributed by atoms with Gasteiger partial charge in [-0.05, 0) is 138 Å². The molecule has 30 heteroatoms. The molecule has 1 aliphatic heterocycles. The van der Waals surface area contributed by atoms with Gasteiger partial charge in [-0.15, -0.1) is 0 Å². The van der Waals surface area contributed by atoms with Gasteiger partial charge in [-0.1, -0.05) is 92.2 Å². The number of carbonyl (C=O) groups excluding carboxylic acids is 14. The van der Waals surface area contributed by atoms with E-state index in [0.717, 1.165) is 38.5 Å². The molecule has 14 amide bonds. The highest BCUT2D eigenvalue weighted by molar-refractivity contribution is 6.01. The topological polar surface area (TPSA) is 481 Å². The SMILES string of the molecule is C/C=C/C[C@@H](C)[C@@H](O)[C@H](NC(=O)[C@@H]1CCCN1C(=O)C(C)(C)NC(=O)CCCCCCCCC)C(=O)NC(C)(C)C(=O)N[C@@H](CCC(N)=O)C(=O)N[C@@H](CCC(N)=O)C(=O)NC(C)(C)C(=O)NC(C)(C)C(=O)N[C@@H](CCC(N)=O)C(=O)N[C@@H](CC(C)C)C(=O)N[C@H](CO)CC(C)C. The number of likely N-dealkylation sites (tertiary alicyclic amines) is 1. The summed E-state index contributed by atoms with van der Waals surface area (Å²) in [4.78, 5) is 192. The summed E-state index contributed by atoms with van der Waals surface area (Å²) < 4.78 is 0. The standard InChI is InChI=1S/C67H118N14O16/c1-16-18-20-21-22-23-24-28-51(86)77-67(14,15)63(97)81-35-25-27-47(81)58(92)76-52(53(87)41(7)26-19-17-2)59(93)79-64(8,9)60(94)74-43(29-32-48(68)83)54(88)72-45(31-34-50(70)85)57(91)78-66(12,13)62(96)80-65(10,11)61(95)75-44(30-33-49(69)84)55(89)73-46(37-40(5)6)56(90)71-42(38-82)36-39(3)4/h17,19,39-47,52-53,82,87H,16,18,20-38H2,1-15H3,(H2,68,83)(H2,69,84)(H2,70,85)(H,71,90)(H,72,88)(H,73,89)(H,74,94)(H,75,95)(H,76,92)(H,77,86)(H,78,91)(H,79,93)(H,80,96)/b19-17+/t41-,42+,43+,44+,45+,46+,47+,52+,53-/m1/s1. The number of allylic oxidation sites excluding steroid dienone is 2. The van der Waals surface area contributed by atoms with Crippen molar-refractivity contribution in [2.75, 3.05) is 13.2 Å². The predicted molar refractivity (Wildman–Crippen MR) is 364 cm³/mol. The largest absolute Gasteiger partial charge is 0.394 e. The first-order chi connectivity index (χ1) is 45.0. The van der Waals surface area contributed by atoms with Gasteiger partial charge in [-0.2, -0.15) is 0 Å². The van der Waals surface area contributed by atoms with Crippen molar-refractivity contribution in [3.8, 4) is 0 Å². The molecule has 9 atom stereocenters. The average Bonchev–Trinajstić information content (AvgIpc) is 1.78. The van der Waals surface area contributed by atoms with Crippen LogP contribution in [-0.4, -0.2) is 182 Å². The fraction of sp³-hybridized carbons (Fsp3) is 0.761. The van der Waals surface area contributed by atoms with Crippen LogP contribution in [0.15, 0.2) is 12.2 Å². The van der Waals surface area contributed by atoms with Crippen molar-refractivity contribution in [2.24, 2.45) is 35.0 Å². The molecule has 1 fully saturated rings. The lowest BCUT2D eigenvalue weighted by atomic mass is 9.92. The van der Waals surface area contributed by atoms with Gasteiger partial charge in [0.2, 0.25) is 82.7 Å². The van der Waals surface area contributed by atoms with Crippen LogP contribution >= 0.6 is 0 Å². The molecule has 0 bridgehead atoms. The molecule has 0 aliphatic carbocycles. The van der Waals surface area contributed by atoms with Crippen LogP contribution in [0, 0.1) is 17.8 Å². The van der Waals surface area contributed by atoms with Crippen LogP contribution in [0.1, 0.15) is 226 Å². The molecule has 1 saturated heterocycles. The minimum Gasteiger partial charge on any atom is -0.394 e. The Morgan fingerprint density at radius 3 is 1.43 bits per heavy atom. The van der Waals surface area contributed by atoms with Gasteiger partial charge >= 0.3 is 0 Å². The van der Waals surface area contributed by atoms with Gasteiger partial charge in [0.05, 0.1) is 18.8 Å². The molecule has 0 aromatic carbocycles. The van der Waals surface area contributed by atoms with Crippen LogP contribution in [0.4, 0.5) is 0 Å². The number of nitrogens with zero attached hydrogens (tertiary/aromatic N) is 1. The molecule has 0 unspecified atom stereocenters. The van der Waals surface area contributed by atoms with Crippen molar-refractivity contribution in [2.45, 2.75) is 296 Å². The van der Waals surface area contributed by atoms with E-state index in [2.05, 4.69) is 60.1 Å². The van der Waals surface area contributed by atoms with Gasteiger partial charge in [0, 0.05) is 32.2 Å². The minimum atomic E-state index is -1.99. The van der Waals surface area contributed by atoms with Crippen molar-refractivity contribution < 1.29 is 77.3 Å². The molecule has 1 rings (SSSR count). The average molecular weight is 1380 g/mol. The normalized spacial score (nSPS) is 16.1. The van der Waals surface area contributed by atoms with Crippen LogP contribution in [0.2, 0.25) is 0 Å². The first kappa shape index (κ1) is 87.3. The first-order valence-electron chi connectivity index (χ1n) is 34.1. The number of nitrogens with two attached hydrogens (primary N) is 3. The van der Waals surface area contributed by atoms with Gasteiger partial charge in [0.1, 0.15) is 58.4 Å². The maximum atomic E-state index is 14.5. The summed E-state index contributed by atoms with van der Waals surface area (Å²) in [6, 6.07) is -9.45. The van der Waals surface area contributed by atoms with Crippen LogP contribution in [0.5, 0.6) is 0 Å². The molecule has 552 valence electrons. The maximum absolute atomic E-state index is 14.5. The van der Waals surface area contributed by atoms with Gasteiger partial charge in [-0.3, -0.25) is 67.1 Å². The molecule has 18 N–H and O–H groups in total. The fourth-order valence-corrected chi connectivity index (χ4v) is 10.8. The Labute approximate surface area is 572 Å². The summed E-state index contributed by atoms with van der Waals surface area (Å²) in [5, 5.41) is 47.5. The molecule has 1 aliphatic rings. The second kappa shape index (κ2) is 41.5. The number of rotatable bonds is 46. The van der Waals surface area contributed by atoms with Crippen LogP contribution in [-0.2, 0) is 67.1 Å². The highest BCUT2D eigenvalue weighted by atomic mass is 16.3. The van der Waals surface area contributed by atoms with E-state index < -0.39 is 179 Å². The second-order valence-corrected chi connectivity index (χ2v) is 28.6. The highest BCUT2D eigenvalue weighted by Gasteiger charge is 2.46. The highest BCUT2D eigenvalue weighted by Crippen LogP contribution is 2.24. The molecule has 30 nitrogen and oxygen atoms in total. The van der Waals surface area contributed by atoms with Gasteiger partial charge in [-0.25, -0.2) is 0 Å². The minimum absolute atomic E-state index is 0.113. The number of aliphatic hydroxyl groups excluding tert-OH is 2. The molecule has 0 saturated carbocycles. The number of hydrogen-bond donors (Lipinski definition) is 15. The summed E-state index contributed by atoms with van der Waals surface area (Å²) in [7, 11) is 0. The Hall–Kier alpha value is -7.76. The third kappa shape index (κ3) is 31.5. The van der Waals surface area contributed by atoms with Gasteiger partial charge in [0.15, 0.2) is 0 Å². The van der Waals surface area contributed by atoms with Gasteiger partial charge in [0.25, 0.3) is 0 Å². The lowest BCUT2D eigenvalue weighted by Gasteiger charge is -2.35. The maximum Gasteiger partial charge on any atom is 0.248 e. The lowest BCUT2D eigenvalue weighted by Crippen LogP contribution is -2.66. The monoisotopic (exact) mass is 1370 g/mol. The Morgan fingerprint density at radius 1 is 0.515 bits per heavy atom. The number of aliphatic hydroxyl groups is 2. The van der Waals surface area contributed by atoms with Gasteiger partial charge < -0.3 is 85.5 Å². The summed E-state index contributed by atoms with van der Waals surface area (Å²) in [6.07, 6.45) is 7.86. The van der Waals surface area contributed by atoms with E-state index in [-0.39, 0.29) is 69.4 Å². The third-order valence-electron chi connectivity index (χ3n) is 16.6. The number of amides is 14. The number of primary amides is 3. The molecule has 0 aromatic rings. The zero-order chi connectivity index (χ0) is 74.3. The molecular formula is C67H118N14O16. The quantitative estimate of drug-likeness (QED) is 0.0291. The molecular weight excluding hydrogens is 1260 g/mol. The van der Waals surface area contributed by atoms with Crippen LogP contribution in [0.3, 0.4) is 0 Å². The van der Waals surface area contributed by atoms with Crippen molar-refractivity contribution in [3.63, 3.8) is 0 Å². The number of nitrogens with one attached hydrogen (secondary N) is 10. The Morgan fingerprint density at radius 2 is 0.959 bits per heavy atom. The van der Waals surface area contributed by atoms with E-state index in [4.69, 9.17) is 17.2 Å². The number of hydrogen-bond acceptors (Lipinski definition) is 16. The van der Waals surface area contributed by atoms with E-state index in [0.29, 0.717) is 19.3 Å². The Balaban J connectivity index is 3.48. The fourth-order valence-electron chi connectivity index (χ4n) is 10.8. The molecule has 97 heavy (non-hydrogen) atoms. The summed E-state index contributed by atoms with van der Waals surface area (Å²) in [5.74, 6) is -12.6. The van der Waals surface area contributed by atoms with Crippen molar-refractivity contribution in [1.82, 2.24) is 58.1 Å². The Bertz CT molecular complexity index is 2730. The van der Waals surface area contributed by atoms with Crippen molar-refractivity contribution >= 4 is 82.7 Å². The number of unbranched alkanes of at least 4 members (excludes halogenated alkanes) is 6. The van der Waals surface area contributed by atoms with E-state index in [1.54, 1.807) is 39.8 Å². The van der Waals surface area contributed by atoms with E-state index in [1.165, 1.54) is 46.4 Å². The molecule has 1 heterocycles. The first-order valence-corrected chi connectivity index (χ1v) is 34.1. The summed E-state index contributed by atoms with van der Waals surface area (Å²) >= 11 is 0. The third-order valence-corrected chi connectivity index (χ3v) is 16.6. The van der Waals surface area contributed by atoms with E-state index >= 15 is 0 Å². The van der Waals surface area contributed by atoms with Crippen molar-refractivity contribution in [1.29, 1.82) is 0 Å². The lowest BCUT2D eigenvalue weighted by molar-refractivity contribution is -0.146. The van der Waals surface area contributed by atoms with Crippen LogP contribution in [0.25, 0.3) is 0 Å². The summed E-state index contributed by atoms with van der Waals surface area (Å²) in [6.45, 7) is 23.4. The second-order valence-electron chi connectivity index (χ2n) is 28.6. The summed E-state index contributed by atoms with van der Waals surface area (Å²) in [5.41, 5.74) is 9.12. The smallest absolute Gasteiger partial charge is 0.248 e. The molecule has 0 radical (unpaired) electrons. The zero-order valence-electron chi connectivity index (χ0n) is 60.1. The van der Waals surface area contributed by atoms with Crippen molar-refractivity contribution in [3.05, 3.63) is 12.2 Å². The van der Waals surface area contributed by atoms with Crippen LogP contribution < -0.4 is 70.4 Å². The molecule has 0 spiro atoms. The predicted octanol–water partition coefficient (Wildman–Crippen LogP) is 0.450. The molecule has 0 aromatic heterocycles. The van der Waals surface area contributed by atoms with E-state index in [1.807, 2.05) is 27.7 Å². The zero-order valence-corrected chi connectivity index (χ0v) is 60.1. The number of carbonyl (C=O) groups is 14.